The first-order valence-electron chi connectivity index (χ1n) is 20.2. The first-order valence-corrected chi connectivity index (χ1v) is 20.2. The Morgan fingerprint density at radius 1 is 0.393 bits per heavy atom. The van der Waals surface area contributed by atoms with Crippen LogP contribution in [0.3, 0.4) is 0 Å². The molecule has 0 spiro atoms. The number of nitrogens with zero attached hydrogens (tertiary/aromatic N) is 2. The molecule has 11 aromatic rings. The minimum absolute atomic E-state index is 0.250. The number of para-hydroxylation sites is 3. The number of furan rings is 1. The van der Waals surface area contributed by atoms with Gasteiger partial charge >= 0.3 is 0 Å². The van der Waals surface area contributed by atoms with Crippen molar-refractivity contribution in [3.05, 3.63) is 194 Å². The number of aromatic nitrogens is 2. The van der Waals surface area contributed by atoms with Crippen molar-refractivity contribution in [3.8, 4) is 50.2 Å². The molecular formula is C53H31B5N2O. The summed E-state index contributed by atoms with van der Waals surface area (Å²) in [6, 6.07) is 65.6. The van der Waals surface area contributed by atoms with Crippen LogP contribution in [0.5, 0.6) is 0 Å². The highest BCUT2D eigenvalue weighted by molar-refractivity contribution is 6.67. The van der Waals surface area contributed by atoms with Gasteiger partial charge in [0.1, 0.15) is 17.0 Å². The van der Waals surface area contributed by atoms with E-state index in [4.69, 9.17) is 48.6 Å². The van der Waals surface area contributed by atoms with Crippen LogP contribution in [-0.2, 0) is 5.21 Å². The Balaban J connectivity index is 1.12. The Morgan fingerprint density at radius 3 is 1.72 bits per heavy atom. The molecular weight excluding hydrogens is 735 g/mol. The lowest BCUT2D eigenvalue weighted by Crippen LogP contribution is -2.45. The molecule has 8 heteroatoms. The highest BCUT2D eigenvalue weighted by Crippen LogP contribution is 2.47. The van der Waals surface area contributed by atoms with Crippen LogP contribution in [0.4, 0.5) is 0 Å². The van der Waals surface area contributed by atoms with E-state index in [1.807, 2.05) is 53.1 Å². The van der Waals surface area contributed by atoms with Gasteiger partial charge in [-0.1, -0.05) is 139 Å². The fourth-order valence-electron chi connectivity index (χ4n) is 8.93. The zero-order chi connectivity index (χ0) is 41.5. The Hall–Kier alpha value is -6.91. The van der Waals surface area contributed by atoms with Crippen LogP contribution in [-0.4, -0.2) is 48.8 Å². The normalized spacial score (nSPS) is 12.3. The van der Waals surface area contributed by atoms with Gasteiger partial charge in [-0.25, -0.2) is 4.98 Å². The number of fused-ring (bicyclic) bond motifs is 6. The first kappa shape index (κ1) is 37.1. The smallest absolute Gasteiger partial charge is 0.135 e. The van der Waals surface area contributed by atoms with E-state index < -0.39 is 10.3 Å². The van der Waals surface area contributed by atoms with Gasteiger partial charge in [0, 0.05) is 16.5 Å². The minimum atomic E-state index is -1.96. The molecule has 3 nitrogen and oxygen atoms in total. The highest BCUT2D eigenvalue weighted by Gasteiger charge is 2.36. The summed E-state index contributed by atoms with van der Waals surface area (Å²) in [5, 5.41) is 3.01. The molecule has 0 aliphatic carbocycles. The lowest BCUT2D eigenvalue weighted by Gasteiger charge is -2.41. The molecule has 0 atom stereocenters. The molecule has 0 fully saturated rings. The van der Waals surface area contributed by atoms with Gasteiger partial charge in [0.15, 0.2) is 0 Å². The number of hydrogen-bond acceptors (Lipinski definition) is 2. The van der Waals surface area contributed by atoms with Gasteiger partial charge in [0.25, 0.3) is 0 Å². The van der Waals surface area contributed by atoms with Crippen LogP contribution < -0.4 is 0 Å². The molecule has 0 aliphatic heterocycles. The quantitative estimate of drug-likeness (QED) is 0.119. The SMILES string of the molecule is [B]C([B])([B])C([B])([B])c1nc2ccccc2n1-c1cccc(-c2cccc(-c3c4ccccc4c(-c4ccc5oc6ccccc6c5c4)c4cc(-c5ccccc5)ccc34)c2)c1. The summed E-state index contributed by atoms with van der Waals surface area (Å²) < 4.78 is 8.16. The fourth-order valence-corrected chi connectivity index (χ4v) is 8.93. The lowest BCUT2D eigenvalue weighted by molar-refractivity contribution is 0.669. The summed E-state index contributed by atoms with van der Waals surface area (Å²) in [6.07, 6.45) is 0. The molecule has 0 saturated carbocycles. The van der Waals surface area contributed by atoms with E-state index in [1.54, 1.807) is 0 Å². The second kappa shape index (κ2) is 14.1. The van der Waals surface area contributed by atoms with Crippen molar-refractivity contribution in [2.24, 2.45) is 0 Å². The molecule has 0 aliphatic rings. The third kappa shape index (κ3) is 6.07. The first-order chi connectivity index (χ1) is 29.6. The van der Waals surface area contributed by atoms with Crippen LogP contribution >= 0.6 is 0 Å². The molecule has 10 radical (unpaired) electrons. The Labute approximate surface area is 360 Å². The molecule has 0 amide bonds. The van der Waals surface area contributed by atoms with Gasteiger partial charge in [-0.15, -0.1) is 5.11 Å². The molecule has 2 heterocycles. The standard InChI is InChI=1S/C53H31B5N2O/c54-52(55,53(56,57)58)51-59-45-21-7-8-22-46(45)60(51)38-17-11-15-34(29-38)33-14-10-16-36(28-33)49-40-19-4-5-20-41(40)50(44-30-35(24-26-42(44)49)32-12-2-1-3-13-32)37-25-27-48-43(31-37)39-18-6-9-23-47(39)61-48/h1-31H. The minimum Gasteiger partial charge on any atom is -0.456 e. The van der Waals surface area contributed by atoms with E-state index in [1.165, 1.54) is 5.56 Å². The second-order valence-corrected chi connectivity index (χ2v) is 15.9. The maximum Gasteiger partial charge on any atom is 0.135 e. The molecule has 9 aromatic carbocycles. The summed E-state index contributed by atoms with van der Waals surface area (Å²) in [5.74, 6) is 0.250. The second-order valence-electron chi connectivity index (χ2n) is 15.9. The molecule has 0 N–H and O–H groups in total. The van der Waals surface area contributed by atoms with Crippen molar-refractivity contribution in [2.75, 3.05) is 0 Å². The molecule has 0 bridgehead atoms. The van der Waals surface area contributed by atoms with Crippen molar-refractivity contribution < 1.29 is 4.42 Å². The Morgan fingerprint density at radius 2 is 0.934 bits per heavy atom. The summed E-state index contributed by atoms with van der Waals surface area (Å²) in [6.45, 7) is 0. The van der Waals surface area contributed by atoms with Crippen molar-refractivity contribution >= 4 is 93.7 Å². The van der Waals surface area contributed by atoms with E-state index in [2.05, 4.69) is 140 Å². The molecule has 274 valence electrons. The van der Waals surface area contributed by atoms with Crippen LogP contribution in [0.2, 0.25) is 5.11 Å². The number of rotatable bonds is 7. The van der Waals surface area contributed by atoms with E-state index in [0.29, 0.717) is 5.52 Å². The predicted octanol–water partition coefficient (Wildman–Crippen LogP) is 12.0. The van der Waals surface area contributed by atoms with Gasteiger partial charge < -0.3 is 4.42 Å². The summed E-state index contributed by atoms with van der Waals surface area (Å²) >= 11 is 0. The lowest BCUT2D eigenvalue weighted by atomic mass is 9.23. The van der Waals surface area contributed by atoms with Gasteiger partial charge in [-0.3, -0.25) is 4.57 Å². The van der Waals surface area contributed by atoms with Gasteiger partial charge in [-0.2, -0.15) is 0 Å². The van der Waals surface area contributed by atoms with Gasteiger partial charge in [-0.05, 0) is 121 Å². The van der Waals surface area contributed by atoms with Crippen LogP contribution in [0.15, 0.2) is 192 Å². The average molecular weight is 766 g/mol. The fraction of sp³-hybridized carbons (Fsp3) is 0.0377. The van der Waals surface area contributed by atoms with E-state index in [-0.39, 0.29) is 5.82 Å². The van der Waals surface area contributed by atoms with E-state index in [9.17, 15) is 0 Å². The predicted molar refractivity (Wildman–Crippen MR) is 258 cm³/mol. The molecule has 0 unspecified atom stereocenters. The maximum atomic E-state index is 6.59. The van der Waals surface area contributed by atoms with Gasteiger partial charge in [0.2, 0.25) is 0 Å². The third-order valence-corrected chi connectivity index (χ3v) is 12.0. The summed E-state index contributed by atoms with van der Waals surface area (Å²) in [5.41, 5.74) is 12.9. The number of imidazole rings is 1. The van der Waals surface area contributed by atoms with Crippen LogP contribution in [0.1, 0.15) is 5.82 Å². The van der Waals surface area contributed by atoms with Gasteiger partial charge in [0.05, 0.1) is 50.3 Å². The zero-order valence-electron chi connectivity index (χ0n) is 33.1. The molecule has 11 rings (SSSR count). The number of hydrogen-bond donors (Lipinski definition) is 0. The van der Waals surface area contributed by atoms with Crippen molar-refractivity contribution in [1.29, 1.82) is 0 Å². The highest BCUT2D eigenvalue weighted by atomic mass is 16.3. The van der Waals surface area contributed by atoms with E-state index in [0.717, 1.165) is 93.6 Å². The monoisotopic (exact) mass is 766 g/mol. The number of benzene rings is 9. The third-order valence-electron chi connectivity index (χ3n) is 12.0. The Kier molecular flexibility index (Phi) is 8.58. The topological polar surface area (TPSA) is 31.0 Å². The summed E-state index contributed by atoms with van der Waals surface area (Å²) in [4.78, 5) is 4.79. The van der Waals surface area contributed by atoms with Crippen LogP contribution in [0, 0.1) is 0 Å². The van der Waals surface area contributed by atoms with Crippen molar-refractivity contribution in [2.45, 2.75) is 10.3 Å². The Bertz CT molecular complexity index is 3510. The largest absolute Gasteiger partial charge is 0.456 e. The zero-order valence-corrected chi connectivity index (χ0v) is 33.1. The van der Waals surface area contributed by atoms with Crippen molar-refractivity contribution in [3.63, 3.8) is 0 Å². The molecule has 2 aromatic heterocycles. The van der Waals surface area contributed by atoms with E-state index >= 15 is 0 Å². The molecule has 0 saturated heterocycles. The molecule has 61 heavy (non-hydrogen) atoms. The maximum absolute atomic E-state index is 6.59. The summed E-state index contributed by atoms with van der Waals surface area (Å²) in [7, 11) is 31.6. The average Bonchev–Trinajstić information content (AvgIpc) is 3.87. The van der Waals surface area contributed by atoms with Crippen molar-refractivity contribution in [1.82, 2.24) is 9.55 Å². The van der Waals surface area contributed by atoms with Crippen LogP contribution in [0.25, 0.3) is 105 Å².